The number of likely N-dealkylation sites (tertiary alicyclic amines) is 1. The van der Waals surface area contributed by atoms with Gasteiger partial charge in [0.1, 0.15) is 6.04 Å². The molecule has 0 aromatic heterocycles. The summed E-state index contributed by atoms with van der Waals surface area (Å²) in [4.78, 5) is 16.2. The maximum absolute atomic E-state index is 13.7. The number of carbonyl (C=O) groups excluding carboxylic acids is 1. The Balaban J connectivity index is 1.08. The third-order valence-corrected chi connectivity index (χ3v) is 12.8. The monoisotopic (exact) mass is 803 g/mol. The van der Waals surface area contributed by atoms with Gasteiger partial charge in [-0.25, -0.2) is 8.42 Å². The second-order valence-electron chi connectivity index (χ2n) is 15.5. The average molecular weight is 804 g/mol. The summed E-state index contributed by atoms with van der Waals surface area (Å²) in [6, 6.07) is 38.9. The molecule has 2 aliphatic heterocycles. The summed E-state index contributed by atoms with van der Waals surface area (Å²) in [5.41, 5.74) is 7.23. The number of benzene rings is 5. The molecule has 0 saturated carbocycles. The van der Waals surface area contributed by atoms with Gasteiger partial charge in [0.25, 0.3) is 0 Å². The third-order valence-electron chi connectivity index (χ3n) is 11.4. The largest absolute Gasteiger partial charge is 0.395 e. The predicted octanol–water partition coefficient (Wildman–Crippen LogP) is 6.61. The van der Waals surface area contributed by atoms with Crippen molar-refractivity contribution in [2.24, 2.45) is 5.92 Å². The molecule has 2 saturated heterocycles. The molecule has 4 N–H and O–H groups in total. The van der Waals surface area contributed by atoms with E-state index in [4.69, 9.17) is 9.47 Å². The minimum Gasteiger partial charge on any atom is -0.395 e. The highest BCUT2D eigenvalue weighted by Gasteiger charge is 2.40. The second kappa shape index (κ2) is 18.9. The van der Waals surface area contributed by atoms with Gasteiger partial charge in [-0.3, -0.25) is 9.69 Å². The van der Waals surface area contributed by atoms with Gasteiger partial charge in [0, 0.05) is 30.6 Å². The van der Waals surface area contributed by atoms with E-state index in [1.165, 1.54) is 0 Å². The van der Waals surface area contributed by atoms with Crippen LogP contribution in [0.2, 0.25) is 0 Å². The lowest BCUT2D eigenvalue weighted by Gasteiger charge is -2.43. The summed E-state index contributed by atoms with van der Waals surface area (Å²) in [7, 11) is -3.97. The Bertz CT molecular complexity index is 2240. The van der Waals surface area contributed by atoms with Gasteiger partial charge in [0.2, 0.25) is 15.9 Å². The van der Waals surface area contributed by atoms with E-state index >= 15 is 0 Å². The molecular formula is C47H53N3O7S. The molecule has 0 radical (unpaired) electrons. The lowest BCUT2D eigenvalue weighted by Crippen LogP contribution is -2.47. The van der Waals surface area contributed by atoms with Crippen molar-refractivity contribution >= 4 is 15.9 Å². The molecular weight excluding hydrogens is 751 g/mol. The number of aliphatic hydroxyl groups excluding tert-OH is 2. The number of nitrogens with one attached hydrogen (secondary N) is 2. The molecule has 2 fully saturated rings. The zero-order chi connectivity index (χ0) is 40.6. The molecule has 2 heterocycles. The molecule has 0 spiro atoms. The van der Waals surface area contributed by atoms with Gasteiger partial charge in [-0.05, 0) is 90.4 Å². The van der Waals surface area contributed by atoms with Gasteiger partial charge >= 0.3 is 0 Å². The molecule has 1 amide bonds. The van der Waals surface area contributed by atoms with Crippen molar-refractivity contribution in [3.8, 4) is 11.1 Å². The average Bonchev–Trinajstić information content (AvgIpc) is 3.71. The Morgan fingerprint density at radius 1 is 0.810 bits per heavy atom. The first-order chi connectivity index (χ1) is 28.1. The van der Waals surface area contributed by atoms with Crippen molar-refractivity contribution < 1.29 is 32.9 Å². The smallest absolute Gasteiger partial charge is 0.241 e. The Kier molecular flexibility index (Phi) is 13.5. The number of rotatable bonds is 15. The summed E-state index contributed by atoms with van der Waals surface area (Å²) in [5, 5.41) is 22.7. The van der Waals surface area contributed by atoms with Crippen LogP contribution in [0.5, 0.6) is 0 Å². The lowest BCUT2D eigenvalue weighted by molar-refractivity contribution is -0.276. The highest BCUT2D eigenvalue weighted by atomic mass is 32.2. The van der Waals surface area contributed by atoms with Crippen LogP contribution in [-0.4, -0.2) is 67.3 Å². The van der Waals surface area contributed by atoms with E-state index in [-0.39, 0.29) is 55.2 Å². The van der Waals surface area contributed by atoms with Gasteiger partial charge in [0.05, 0.1) is 30.3 Å². The fourth-order valence-corrected chi connectivity index (χ4v) is 9.15. The van der Waals surface area contributed by atoms with Crippen molar-refractivity contribution in [1.29, 1.82) is 0 Å². The predicted molar refractivity (Wildman–Crippen MR) is 224 cm³/mol. The molecule has 2 aliphatic rings. The van der Waals surface area contributed by atoms with E-state index in [0.717, 1.165) is 63.9 Å². The molecule has 5 aromatic carbocycles. The summed E-state index contributed by atoms with van der Waals surface area (Å²) >= 11 is 0. The lowest BCUT2D eigenvalue weighted by atomic mass is 9.89. The number of nitrogens with zero attached hydrogens (tertiary/aromatic N) is 1. The van der Waals surface area contributed by atoms with Crippen LogP contribution < -0.4 is 10.0 Å². The van der Waals surface area contributed by atoms with E-state index in [2.05, 4.69) is 27.9 Å². The van der Waals surface area contributed by atoms with Crippen molar-refractivity contribution in [3.63, 3.8) is 0 Å². The Labute approximate surface area is 341 Å². The van der Waals surface area contributed by atoms with Gasteiger partial charge < -0.3 is 25.0 Å². The first-order valence-electron chi connectivity index (χ1n) is 20.1. The molecule has 58 heavy (non-hydrogen) atoms. The van der Waals surface area contributed by atoms with Crippen LogP contribution >= 0.6 is 0 Å². The highest BCUT2D eigenvalue weighted by molar-refractivity contribution is 7.89. The van der Waals surface area contributed by atoms with Crippen LogP contribution in [-0.2, 0) is 43.9 Å². The normalized spacial score (nSPS) is 21.8. The number of amides is 1. The Morgan fingerprint density at radius 2 is 1.52 bits per heavy atom. The van der Waals surface area contributed by atoms with Gasteiger partial charge in [-0.15, -0.1) is 0 Å². The number of aliphatic hydroxyl groups is 2. The van der Waals surface area contributed by atoms with Gasteiger partial charge in [-0.1, -0.05) is 116 Å². The standard InChI is InChI=1S/C47H53N3O7S/c1-32-16-22-42(23-17-32)58(54,55)49-43(26-34-9-4-3-5-10-34)46(53)48-28-36-11-6-12-38(25-36)39-13-7-14-40(27-39)47-56-44(29-50-24-8-15-41(50)31-52)33(2)45(57-47)37-20-18-35(30-51)19-21-37/h3-7,9-14,16-23,25,27,33,41,43-45,47,49,51-52H,8,15,24,26,28-31H2,1-2H3,(H,48,53)/t33-,41+,43-,44+,45+,47+/m1/s1. The summed E-state index contributed by atoms with van der Waals surface area (Å²) in [5.74, 6) is -0.404. The number of aryl methyl sites for hydroxylation is 1. The van der Waals surface area contributed by atoms with Crippen LogP contribution in [0, 0.1) is 12.8 Å². The molecule has 10 nitrogen and oxygen atoms in total. The Hall–Kier alpha value is -4.72. The fourth-order valence-electron chi connectivity index (χ4n) is 7.95. The molecule has 0 unspecified atom stereocenters. The molecule has 7 rings (SSSR count). The number of hydrogen-bond acceptors (Lipinski definition) is 8. The Morgan fingerprint density at radius 3 is 2.24 bits per heavy atom. The van der Waals surface area contributed by atoms with E-state index in [0.29, 0.717) is 6.54 Å². The van der Waals surface area contributed by atoms with E-state index < -0.39 is 28.3 Å². The SMILES string of the molecule is Cc1ccc(S(=O)(=O)N[C@H](Cc2ccccc2)C(=O)NCc2cccc(-c3cccc([C@H]4O[C@@H](CN5CCC[C@H]5CO)[C@@H](C)[C@@H](c5ccc(CO)cc5)O4)c3)c2)cc1. The van der Waals surface area contributed by atoms with Crippen molar-refractivity contribution in [1.82, 2.24) is 14.9 Å². The zero-order valence-electron chi connectivity index (χ0n) is 33.0. The van der Waals surface area contributed by atoms with E-state index in [1.54, 1.807) is 24.3 Å². The van der Waals surface area contributed by atoms with E-state index in [1.807, 2.05) is 104 Å². The van der Waals surface area contributed by atoms with E-state index in [9.17, 15) is 23.4 Å². The van der Waals surface area contributed by atoms with Gasteiger partial charge in [-0.2, -0.15) is 4.72 Å². The van der Waals surface area contributed by atoms with Crippen molar-refractivity contribution in [3.05, 3.63) is 161 Å². The number of hydrogen-bond donors (Lipinski definition) is 4. The van der Waals surface area contributed by atoms with Crippen LogP contribution in [0.15, 0.2) is 132 Å². The number of carbonyl (C=O) groups is 1. The molecule has 304 valence electrons. The van der Waals surface area contributed by atoms with Crippen LogP contribution in [0.4, 0.5) is 0 Å². The fraction of sp³-hybridized carbons (Fsp3) is 0.340. The first-order valence-corrected chi connectivity index (χ1v) is 21.5. The van der Waals surface area contributed by atoms with Crippen LogP contribution in [0.3, 0.4) is 0 Å². The van der Waals surface area contributed by atoms with Gasteiger partial charge in [0.15, 0.2) is 6.29 Å². The number of sulfonamides is 1. The molecule has 0 bridgehead atoms. The molecule has 5 aromatic rings. The van der Waals surface area contributed by atoms with Crippen molar-refractivity contribution in [2.45, 2.75) is 81.7 Å². The highest BCUT2D eigenvalue weighted by Crippen LogP contribution is 2.43. The van der Waals surface area contributed by atoms with Crippen LogP contribution in [0.1, 0.15) is 65.5 Å². The zero-order valence-corrected chi connectivity index (χ0v) is 33.9. The minimum atomic E-state index is -3.97. The summed E-state index contributed by atoms with van der Waals surface area (Å²) in [6.45, 7) is 5.93. The summed E-state index contributed by atoms with van der Waals surface area (Å²) < 4.78 is 42.9. The maximum Gasteiger partial charge on any atom is 0.241 e. The molecule has 6 atom stereocenters. The minimum absolute atomic E-state index is 0.0245. The number of ether oxygens (including phenoxy) is 2. The second-order valence-corrected chi connectivity index (χ2v) is 17.2. The maximum atomic E-state index is 13.7. The quantitative estimate of drug-likeness (QED) is 0.0929. The third kappa shape index (κ3) is 10.1. The molecule has 0 aliphatic carbocycles. The van der Waals surface area contributed by atoms with Crippen LogP contribution in [0.25, 0.3) is 11.1 Å². The summed E-state index contributed by atoms with van der Waals surface area (Å²) in [6.07, 6.45) is 1.14. The van der Waals surface area contributed by atoms with Crippen molar-refractivity contribution in [2.75, 3.05) is 19.7 Å². The topological polar surface area (TPSA) is 137 Å². The molecule has 11 heteroatoms. The first kappa shape index (κ1) is 41.4.